The zero-order valence-electron chi connectivity index (χ0n) is 9.72. The molecule has 0 heterocycles. The Bertz CT molecular complexity index is 325. The van der Waals surface area contributed by atoms with Crippen molar-refractivity contribution in [1.29, 1.82) is 0 Å². The van der Waals surface area contributed by atoms with Crippen molar-refractivity contribution in [2.45, 2.75) is 19.4 Å². The molecule has 0 radical (unpaired) electrons. The third-order valence-corrected chi connectivity index (χ3v) is 2.18. The van der Waals surface area contributed by atoms with Gasteiger partial charge in [0.25, 0.3) is 0 Å². The van der Waals surface area contributed by atoms with Crippen molar-refractivity contribution in [3.8, 4) is 5.75 Å². The number of benzene rings is 1. The molecule has 2 N–H and O–H groups in total. The van der Waals surface area contributed by atoms with Gasteiger partial charge in [0, 0.05) is 19.6 Å². The maximum atomic E-state index is 11.6. The van der Waals surface area contributed by atoms with Gasteiger partial charge in [-0.05, 0) is 25.5 Å². The van der Waals surface area contributed by atoms with Crippen LogP contribution in [0, 0.1) is 0 Å². The molecular weight excluding hydrogens is 204 g/mol. The van der Waals surface area contributed by atoms with Crippen LogP contribution < -0.4 is 10.5 Å². The normalized spacial score (nSPS) is 11.9. The quantitative estimate of drug-likeness (QED) is 0.846. The number of rotatable bonds is 4. The molecule has 0 fully saturated rings. The third kappa shape index (κ3) is 4.31. The molecule has 1 unspecified atom stereocenters. The minimum Gasteiger partial charge on any atom is -0.410 e. The summed E-state index contributed by atoms with van der Waals surface area (Å²) in [6.45, 7) is 2.51. The van der Waals surface area contributed by atoms with E-state index >= 15 is 0 Å². The second kappa shape index (κ2) is 6.12. The molecule has 4 heteroatoms. The van der Waals surface area contributed by atoms with E-state index in [4.69, 9.17) is 10.5 Å². The zero-order chi connectivity index (χ0) is 12.0. The Kier molecular flexibility index (Phi) is 4.79. The number of nitrogens with two attached hydrogens (primary N) is 1. The lowest BCUT2D eigenvalue weighted by Crippen LogP contribution is -2.33. The van der Waals surface area contributed by atoms with Gasteiger partial charge >= 0.3 is 6.09 Å². The minimum absolute atomic E-state index is 0.0898. The molecule has 0 aliphatic heterocycles. The van der Waals surface area contributed by atoms with Crippen LogP contribution in [0.4, 0.5) is 4.79 Å². The predicted molar refractivity (Wildman–Crippen MR) is 63.4 cm³/mol. The number of para-hydroxylation sites is 1. The van der Waals surface area contributed by atoms with Crippen molar-refractivity contribution in [3.05, 3.63) is 30.3 Å². The summed E-state index contributed by atoms with van der Waals surface area (Å²) in [6, 6.07) is 9.10. The Morgan fingerprint density at radius 3 is 2.62 bits per heavy atom. The van der Waals surface area contributed by atoms with E-state index < -0.39 is 0 Å². The van der Waals surface area contributed by atoms with E-state index in [0.717, 1.165) is 6.42 Å². The lowest BCUT2D eigenvalue weighted by Gasteiger charge is -2.17. The van der Waals surface area contributed by atoms with Crippen molar-refractivity contribution in [2.24, 2.45) is 5.73 Å². The fraction of sp³-hybridized carbons (Fsp3) is 0.417. The van der Waals surface area contributed by atoms with Gasteiger partial charge in [-0.25, -0.2) is 4.79 Å². The second-order valence-corrected chi connectivity index (χ2v) is 3.87. The second-order valence-electron chi connectivity index (χ2n) is 3.87. The molecule has 0 saturated carbocycles. The highest BCUT2D eigenvalue weighted by molar-refractivity contribution is 5.70. The van der Waals surface area contributed by atoms with Gasteiger partial charge in [0.05, 0.1) is 0 Å². The van der Waals surface area contributed by atoms with E-state index in [2.05, 4.69) is 0 Å². The highest BCUT2D eigenvalue weighted by Crippen LogP contribution is 2.09. The molecule has 1 aromatic rings. The van der Waals surface area contributed by atoms with Crippen LogP contribution in [0.5, 0.6) is 5.75 Å². The van der Waals surface area contributed by atoms with E-state index in [-0.39, 0.29) is 12.1 Å². The summed E-state index contributed by atoms with van der Waals surface area (Å²) in [7, 11) is 1.70. The Labute approximate surface area is 96.0 Å². The molecule has 4 nitrogen and oxygen atoms in total. The number of ether oxygens (including phenoxy) is 1. The standard InChI is InChI=1S/C12H18N2O2/c1-10(13)8-9-14(2)12(15)16-11-6-4-3-5-7-11/h3-7,10H,8-9,13H2,1-2H3. The minimum atomic E-state index is -0.355. The Morgan fingerprint density at radius 1 is 1.44 bits per heavy atom. The number of carbonyl (C=O) groups is 1. The van der Waals surface area contributed by atoms with Gasteiger partial charge in [0.15, 0.2) is 0 Å². The first-order valence-corrected chi connectivity index (χ1v) is 5.33. The monoisotopic (exact) mass is 222 g/mol. The molecular formula is C12H18N2O2. The van der Waals surface area contributed by atoms with Crippen molar-refractivity contribution < 1.29 is 9.53 Å². The molecule has 0 spiro atoms. The van der Waals surface area contributed by atoms with Crippen molar-refractivity contribution in [1.82, 2.24) is 4.90 Å². The molecule has 88 valence electrons. The molecule has 1 rings (SSSR count). The molecule has 1 aromatic carbocycles. The van der Waals surface area contributed by atoms with Gasteiger partial charge in [0.1, 0.15) is 5.75 Å². The first-order valence-electron chi connectivity index (χ1n) is 5.33. The van der Waals surface area contributed by atoms with E-state index in [0.29, 0.717) is 12.3 Å². The molecule has 0 bridgehead atoms. The number of carbonyl (C=O) groups excluding carboxylic acids is 1. The Hall–Kier alpha value is -1.55. The fourth-order valence-electron chi connectivity index (χ4n) is 1.16. The predicted octanol–water partition coefficient (Wildman–Crippen LogP) is 1.85. The number of hydrogen-bond acceptors (Lipinski definition) is 3. The average Bonchev–Trinajstić information content (AvgIpc) is 2.27. The molecule has 0 aliphatic carbocycles. The van der Waals surface area contributed by atoms with Crippen LogP contribution >= 0.6 is 0 Å². The van der Waals surface area contributed by atoms with Crippen LogP contribution in [0.15, 0.2) is 30.3 Å². The first-order chi connectivity index (χ1) is 7.59. The summed E-state index contributed by atoms with van der Waals surface area (Å²) in [4.78, 5) is 13.1. The highest BCUT2D eigenvalue weighted by Gasteiger charge is 2.11. The van der Waals surface area contributed by atoms with Crippen LogP contribution in [-0.2, 0) is 0 Å². The van der Waals surface area contributed by atoms with Gasteiger partial charge in [-0.3, -0.25) is 0 Å². The van der Waals surface area contributed by atoms with Gasteiger partial charge in [-0.1, -0.05) is 18.2 Å². The molecule has 0 saturated heterocycles. The smallest absolute Gasteiger partial charge is 0.410 e. The van der Waals surface area contributed by atoms with Gasteiger partial charge < -0.3 is 15.4 Å². The zero-order valence-corrected chi connectivity index (χ0v) is 9.72. The maximum absolute atomic E-state index is 11.6. The Balaban J connectivity index is 2.40. The molecule has 1 atom stereocenters. The molecule has 1 amide bonds. The summed E-state index contributed by atoms with van der Waals surface area (Å²) in [6.07, 6.45) is 0.410. The summed E-state index contributed by atoms with van der Waals surface area (Å²) in [5.74, 6) is 0.556. The van der Waals surface area contributed by atoms with Crippen LogP contribution in [-0.4, -0.2) is 30.6 Å². The van der Waals surface area contributed by atoms with E-state index in [1.54, 1.807) is 19.2 Å². The summed E-state index contributed by atoms with van der Waals surface area (Å²) >= 11 is 0. The number of amides is 1. The van der Waals surface area contributed by atoms with Crippen LogP contribution in [0.1, 0.15) is 13.3 Å². The van der Waals surface area contributed by atoms with Crippen molar-refractivity contribution in [3.63, 3.8) is 0 Å². The Morgan fingerprint density at radius 2 is 2.06 bits per heavy atom. The molecule has 0 aromatic heterocycles. The van der Waals surface area contributed by atoms with Gasteiger partial charge in [0.2, 0.25) is 0 Å². The summed E-state index contributed by atoms with van der Waals surface area (Å²) < 4.78 is 5.15. The fourth-order valence-corrected chi connectivity index (χ4v) is 1.16. The molecule has 0 aliphatic rings. The van der Waals surface area contributed by atoms with Crippen LogP contribution in [0.25, 0.3) is 0 Å². The van der Waals surface area contributed by atoms with Crippen molar-refractivity contribution >= 4 is 6.09 Å². The lowest BCUT2D eigenvalue weighted by molar-refractivity contribution is 0.162. The van der Waals surface area contributed by atoms with Gasteiger partial charge in [-0.2, -0.15) is 0 Å². The first kappa shape index (κ1) is 12.5. The number of hydrogen-bond donors (Lipinski definition) is 1. The van der Waals surface area contributed by atoms with Crippen molar-refractivity contribution in [2.75, 3.05) is 13.6 Å². The van der Waals surface area contributed by atoms with E-state index in [1.165, 1.54) is 4.90 Å². The largest absolute Gasteiger partial charge is 0.414 e. The molecule has 16 heavy (non-hydrogen) atoms. The number of nitrogens with zero attached hydrogens (tertiary/aromatic N) is 1. The third-order valence-electron chi connectivity index (χ3n) is 2.18. The summed E-state index contributed by atoms with van der Waals surface area (Å²) in [5.41, 5.74) is 5.61. The average molecular weight is 222 g/mol. The SMILES string of the molecule is CC(N)CCN(C)C(=O)Oc1ccccc1. The highest BCUT2D eigenvalue weighted by atomic mass is 16.6. The topological polar surface area (TPSA) is 55.6 Å². The lowest BCUT2D eigenvalue weighted by atomic mass is 10.2. The van der Waals surface area contributed by atoms with E-state index in [1.807, 2.05) is 25.1 Å². The van der Waals surface area contributed by atoms with Gasteiger partial charge in [-0.15, -0.1) is 0 Å². The van der Waals surface area contributed by atoms with Crippen LogP contribution in [0.3, 0.4) is 0 Å². The summed E-state index contributed by atoms with van der Waals surface area (Å²) in [5, 5.41) is 0. The van der Waals surface area contributed by atoms with Crippen LogP contribution in [0.2, 0.25) is 0 Å². The maximum Gasteiger partial charge on any atom is 0.414 e. The van der Waals surface area contributed by atoms with E-state index in [9.17, 15) is 4.79 Å².